The Morgan fingerprint density at radius 3 is 2.70 bits per heavy atom. The molecule has 0 aliphatic carbocycles. The number of rotatable bonds is 4. The molecule has 0 spiro atoms. The number of hydrogen-bond acceptors (Lipinski definition) is 3. The summed E-state index contributed by atoms with van der Waals surface area (Å²) in [4.78, 5) is 2.89. The minimum absolute atomic E-state index is 0.261. The molecule has 1 saturated heterocycles. The Hall–Kier alpha value is -1.98. The zero-order valence-electron chi connectivity index (χ0n) is 12.7. The van der Waals surface area contributed by atoms with Gasteiger partial charge in [-0.15, -0.1) is 0 Å². The first-order valence-electron chi connectivity index (χ1n) is 7.57. The zero-order valence-corrected chi connectivity index (χ0v) is 13.5. The van der Waals surface area contributed by atoms with E-state index in [0.29, 0.717) is 25.6 Å². The molecule has 1 heterocycles. The third-order valence-electron chi connectivity index (χ3n) is 3.70. The van der Waals surface area contributed by atoms with Crippen LogP contribution in [0.5, 0.6) is 5.75 Å². The van der Waals surface area contributed by atoms with E-state index in [1.807, 2.05) is 30.3 Å². The summed E-state index contributed by atoms with van der Waals surface area (Å²) in [5.74, 6) is 0.455. The summed E-state index contributed by atoms with van der Waals surface area (Å²) in [5.41, 5.74) is 1.68. The molecule has 0 amide bonds. The lowest BCUT2D eigenvalue weighted by Crippen LogP contribution is -2.40. The molecule has 0 atom stereocenters. The van der Waals surface area contributed by atoms with Crippen molar-refractivity contribution in [3.05, 3.63) is 65.5 Å². The van der Waals surface area contributed by atoms with Crippen molar-refractivity contribution in [2.75, 3.05) is 26.3 Å². The second-order valence-corrected chi connectivity index (χ2v) is 5.71. The molecule has 0 N–H and O–H groups in total. The molecule has 5 heteroatoms. The Morgan fingerprint density at radius 2 is 1.91 bits per heavy atom. The number of para-hydroxylation sites is 1. The number of thiocarbonyl (C=S) groups is 1. The van der Waals surface area contributed by atoms with Crippen LogP contribution in [0.25, 0.3) is 0 Å². The maximum absolute atomic E-state index is 13.2. The van der Waals surface area contributed by atoms with Crippen molar-refractivity contribution in [1.29, 1.82) is 0 Å². The van der Waals surface area contributed by atoms with Crippen molar-refractivity contribution in [1.82, 2.24) is 4.90 Å². The van der Waals surface area contributed by atoms with Crippen molar-refractivity contribution in [2.45, 2.75) is 6.61 Å². The van der Waals surface area contributed by atoms with E-state index in [1.165, 1.54) is 12.1 Å². The normalized spacial score (nSPS) is 14.6. The van der Waals surface area contributed by atoms with Crippen LogP contribution >= 0.6 is 12.2 Å². The molecular formula is C18H18FNO2S. The van der Waals surface area contributed by atoms with E-state index in [0.717, 1.165) is 29.2 Å². The Bertz CT molecular complexity index is 686. The predicted octanol–water partition coefficient (Wildman–Crippen LogP) is 3.41. The monoisotopic (exact) mass is 331 g/mol. The maximum Gasteiger partial charge on any atom is 0.130 e. The summed E-state index contributed by atoms with van der Waals surface area (Å²) < 4.78 is 24.5. The highest BCUT2D eigenvalue weighted by Gasteiger charge is 2.18. The van der Waals surface area contributed by atoms with Crippen LogP contribution in [-0.4, -0.2) is 36.2 Å². The minimum atomic E-state index is -0.261. The topological polar surface area (TPSA) is 21.7 Å². The molecule has 23 heavy (non-hydrogen) atoms. The predicted molar refractivity (Wildman–Crippen MR) is 91.3 cm³/mol. The van der Waals surface area contributed by atoms with Gasteiger partial charge in [0.15, 0.2) is 0 Å². The SMILES string of the molecule is Fc1cccc(COc2ccccc2C(=S)N2CCOCC2)c1. The summed E-state index contributed by atoms with van der Waals surface area (Å²) >= 11 is 5.61. The zero-order chi connectivity index (χ0) is 16.1. The Balaban J connectivity index is 1.73. The highest BCUT2D eigenvalue weighted by atomic mass is 32.1. The molecule has 120 valence electrons. The molecule has 0 bridgehead atoms. The van der Waals surface area contributed by atoms with Gasteiger partial charge in [-0.1, -0.05) is 36.5 Å². The summed E-state index contributed by atoms with van der Waals surface area (Å²) in [6.45, 7) is 3.26. The van der Waals surface area contributed by atoms with Gasteiger partial charge >= 0.3 is 0 Å². The molecular weight excluding hydrogens is 313 g/mol. The van der Waals surface area contributed by atoms with E-state index < -0.39 is 0 Å². The Morgan fingerprint density at radius 1 is 1.13 bits per heavy atom. The van der Waals surface area contributed by atoms with Crippen LogP contribution in [0.1, 0.15) is 11.1 Å². The van der Waals surface area contributed by atoms with Crippen molar-refractivity contribution in [3.8, 4) is 5.75 Å². The van der Waals surface area contributed by atoms with Gasteiger partial charge in [-0.2, -0.15) is 0 Å². The van der Waals surface area contributed by atoms with Crippen LogP contribution in [0.4, 0.5) is 4.39 Å². The van der Waals surface area contributed by atoms with Crippen LogP contribution in [0.15, 0.2) is 48.5 Å². The maximum atomic E-state index is 13.2. The average molecular weight is 331 g/mol. The number of morpholine rings is 1. The highest BCUT2D eigenvalue weighted by Crippen LogP contribution is 2.22. The van der Waals surface area contributed by atoms with E-state index in [9.17, 15) is 4.39 Å². The van der Waals surface area contributed by atoms with Gasteiger partial charge in [-0.05, 0) is 29.8 Å². The van der Waals surface area contributed by atoms with Gasteiger partial charge in [-0.3, -0.25) is 0 Å². The smallest absolute Gasteiger partial charge is 0.130 e. The van der Waals surface area contributed by atoms with E-state index in [-0.39, 0.29) is 5.82 Å². The number of nitrogens with zero attached hydrogens (tertiary/aromatic N) is 1. The van der Waals surface area contributed by atoms with Gasteiger partial charge in [0.2, 0.25) is 0 Å². The molecule has 2 aromatic carbocycles. The third-order valence-corrected chi connectivity index (χ3v) is 4.18. The number of hydrogen-bond donors (Lipinski definition) is 0. The number of ether oxygens (including phenoxy) is 2. The molecule has 0 saturated carbocycles. The lowest BCUT2D eigenvalue weighted by Gasteiger charge is -2.29. The molecule has 2 aromatic rings. The molecule has 0 unspecified atom stereocenters. The highest BCUT2D eigenvalue weighted by molar-refractivity contribution is 7.80. The van der Waals surface area contributed by atoms with Gasteiger partial charge < -0.3 is 14.4 Å². The first kappa shape index (κ1) is 15.9. The van der Waals surface area contributed by atoms with Crippen LogP contribution in [0.3, 0.4) is 0 Å². The Kier molecular flexibility index (Phi) is 5.20. The van der Waals surface area contributed by atoms with Gasteiger partial charge in [0.25, 0.3) is 0 Å². The fourth-order valence-corrected chi connectivity index (χ4v) is 2.85. The van der Waals surface area contributed by atoms with Crippen LogP contribution in [0, 0.1) is 5.82 Å². The summed E-state index contributed by atoms with van der Waals surface area (Å²) in [5, 5.41) is 0. The summed E-state index contributed by atoms with van der Waals surface area (Å²) in [7, 11) is 0. The second-order valence-electron chi connectivity index (χ2n) is 5.32. The molecule has 1 aliphatic rings. The molecule has 1 aliphatic heterocycles. The average Bonchev–Trinajstić information content (AvgIpc) is 2.60. The van der Waals surface area contributed by atoms with Crippen LogP contribution in [0.2, 0.25) is 0 Å². The lowest BCUT2D eigenvalue weighted by molar-refractivity contribution is 0.0692. The van der Waals surface area contributed by atoms with Crippen LogP contribution < -0.4 is 4.74 Å². The van der Waals surface area contributed by atoms with Crippen molar-refractivity contribution in [3.63, 3.8) is 0 Å². The van der Waals surface area contributed by atoms with Gasteiger partial charge in [0.05, 0.1) is 18.8 Å². The van der Waals surface area contributed by atoms with E-state index in [4.69, 9.17) is 21.7 Å². The second kappa shape index (κ2) is 7.53. The first-order chi connectivity index (χ1) is 11.2. The quantitative estimate of drug-likeness (QED) is 0.800. The third kappa shape index (κ3) is 4.06. The minimum Gasteiger partial charge on any atom is -0.488 e. The van der Waals surface area contributed by atoms with E-state index in [2.05, 4.69) is 4.90 Å². The standard InChI is InChI=1S/C18H18FNO2S/c19-15-5-3-4-14(12-15)13-22-17-7-2-1-6-16(17)18(23)20-8-10-21-11-9-20/h1-7,12H,8-11,13H2. The molecule has 3 rings (SSSR count). The summed E-state index contributed by atoms with van der Waals surface area (Å²) in [6.07, 6.45) is 0. The molecule has 3 nitrogen and oxygen atoms in total. The van der Waals surface area contributed by atoms with Gasteiger partial charge in [0.1, 0.15) is 23.2 Å². The molecule has 0 radical (unpaired) electrons. The molecule has 1 fully saturated rings. The van der Waals surface area contributed by atoms with Crippen molar-refractivity contribution >= 4 is 17.2 Å². The van der Waals surface area contributed by atoms with Crippen molar-refractivity contribution < 1.29 is 13.9 Å². The van der Waals surface area contributed by atoms with Gasteiger partial charge in [0, 0.05) is 13.1 Å². The Labute approximate surface area is 140 Å². The summed E-state index contributed by atoms with van der Waals surface area (Å²) in [6, 6.07) is 14.1. The van der Waals surface area contributed by atoms with E-state index in [1.54, 1.807) is 6.07 Å². The van der Waals surface area contributed by atoms with Crippen LogP contribution in [-0.2, 0) is 11.3 Å². The first-order valence-corrected chi connectivity index (χ1v) is 7.98. The fourth-order valence-electron chi connectivity index (χ4n) is 2.49. The lowest BCUT2D eigenvalue weighted by atomic mass is 10.1. The fraction of sp³-hybridized carbons (Fsp3) is 0.278. The van der Waals surface area contributed by atoms with E-state index >= 15 is 0 Å². The number of benzene rings is 2. The van der Waals surface area contributed by atoms with Gasteiger partial charge in [-0.25, -0.2) is 4.39 Å². The number of halogens is 1. The largest absolute Gasteiger partial charge is 0.488 e. The molecule has 0 aromatic heterocycles. The van der Waals surface area contributed by atoms with Crippen molar-refractivity contribution in [2.24, 2.45) is 0 Å².